The van der Waals surface area contributed by atoms with Gasteiger partial charge in [0.2, 0.25) is 0 Å². The van der Waals surface area contributed by atoms with Crippen molar-refractivity contribution >= 4 is 48.1 Å². The van der Waals surface area contributed by atoms with Crippen LogP contribution in [0.25, 0.3) is 11.1 Å². The lowest BCUT2D eigenvalue weighted by molar-refractivity contribution is 0.00337. The molecule has 4 rings (SSSR count). The van der Waals surface area contributed by atoms with Gasteiger partial charge in [-0.05, 0) is 63.8 Å². The van der Waals surface area contributed by atoms with E-state index in [4.69, 9.17) is 11.1 Å². The second-order valence-electron chi connectivity index (χ2n) is 11.0. The molecular weight excluding hydrogens is 649 g/mol. The summed E-state index contributed by atoms with van der Waals surface area (Å²) in [5.41, 5.74) is 19.8. The molecule has 240 valence electrons. The average molecular weight is 685 g/mol. The van der Waals surface area contributed by atoms with Crippen LogP contribution in [0.1, 0.15) is 75.3 Å². The third-order valence-electron chi connectivity index (χ3n) is 7.75. The molecule has 0 spiro atoms. The van der Waals surface area contributed by atoms with Gasteiger partial charge in [-0.1, -0.05) is 73.9 Å². The minimum atomic E-state index is -4.47. The van der Waals surface area contributed by atoms with Gasteiger partial charge >= 0.3 is 8.75 Å². The van der Waals surface area contributed by atoms with Crippen molar-refractivity contribution in [1.82, 2.24) is 0 Å². The molecule has 44 heavy (non-hydrogen) atoms. The molecule has 0 radical (unpaired) electrons. The quantitative estimate of drug-likeness (QED) is 0.197. The third kappa shape index (κ3) is 7.79. The third-order valence-corrected chi connectivity index (χ3v) is 17.2. The van der Waals surface area contributed by atoms with E-state index in [9.17, 15) is 33.7 Å². The highest BCUT2D eigenvalue weighted by Crippen LogP contribution is 2.30. The van der Waals surface area contributed by atoms with Crippen LogP contribution in [0.2, 0.25) is 0 Å². The molecule has 0 aliphatic heterocycles. The lowest BCUT2D eigenvalue weighted by atomic mass is 10.0. The fourth-order valence-corrected chi connectivity index (χ4v) is 13.4. The van der Waals surface area contributed by atoms with Gasteiger partial charge in [0.1, 0.15) is 0 Å². The van der Waals surface area contributed by atoms with Crippen LogP contribution in [0.5, 0.6) is 0 Å². The van der Waals surface area contributed by atoms with E-state index in [0.717, 1.165) is 49.7 Å². The second-order valence-corrected chi connectivity index (χ2v) is 19.5. The lowest BCUT2D eigenvalue weighted by Gasteiger charge is -2.22. The normalized spacial score (nSPS) is 17.0. The summed E-state index contributed by atoms with van der Waals surface area (Å²) in [7, 11) is -17.1. The van der Waals surface area contributed by atoms with E-state index in [0.29, 0.717) is 25.7 Å². The van der Waals surface area contributed by atoms with E-state index in [1.807, 2.05) is 0 Å². The van der Waals surface area contributed by atoms with Gasteiger partial charge in [0.15, 0.2) is 0 Å². The molecule has 0 aromatic heterocycles. The first-order chi connectivity index (χ1) is 20.6. The van der Waals surface area contributed by atoms with Crippen molar-refractivity contribution in [2.75, 3.05) is 0 Å². The summed E-state index contributed by atoms with van der Waals surface area (Å²) in [6.07, 6.45) is 6.79. The van der Waals surface area contributed by atoms with Crippen LogP contribution >= 0.6 is 0 Å². The van der Waals surface area contributed by atoms with E-state index >= 15 is 0 Å². The summed E-state index contributed by atoms with van der Waals surface area (Å²) in [4.78, 5) is 4.78. The number of aryl methyl sites for hydroxylation is 2. The molecule has 0 heterocycles. The van der Waals surface area contributed by atoms with Gasteiger partial charge in [-0.3, -0.25) is 0 Å². The number of nitrogens with zero attached hydrogens (tertiary/aromatic N) is 4. The largest absolute Gasteiger partial charge is 0.504 e. The molecule has 2 aliphatic rings. The first-order valence-electron chi connectivity index (χ1n) is 14.2. The maximum atomic E-state index is 12.5. The van der Waals surface area contributed by atoms with Gasteiger partial charge in [-0.15, -0.1) is 9.58 Å². The monoisotopic (exact) mass is 684 g/mol. The highest BCUT2D eigenvalue weighted by atomic mass is 32.3. The van der Waals surface area contributed by atoms with Crippen LogP contribution in [0.15, 0.2) is 58.3 Å². The fraction of sp³-hybridized carbons (Fsp3) is 0.500. The Bertz CT molecular complexity index is 1750. The maximum Gasteiger partial charge on any atom is 0.504 e. The molecule has 12 nitrogen and oxygen atoms in total. The smallest absolute Gasteiger partial charge is 0.359 e. The summed E-state index contributed by atoms with van der Waals surface area (Å²) in [6.45, 7) is 3.53. The van der Waals surface area contributed by atoms with E-state index in [2.05, 4.69) is 9.58 Å². The van der Waals surface area contributed by atoms with Gasteiger partial charge in [0.25, 0.3) is 39.3 Å². The standard InChI is InChI=1S/C15H14N2O4S2.C13H22N2O4S2/c1-11-3-7-13(8-4-11)22(18,19)15(17-16)23(20,21)14-9-5-12(2)6-10-14;14-15-13(20(16,17)11-7-3-1-4-8-11)21(18,19)12-9-5-2-6-10-12/h3-10H,1-2H3;11-12H,1-10H2. The molecule has 0 amide bonds. The van der Waals surface area contributed by atoms with Crippen molar-refractivity contribution in [3.8, 4) is 0 Å². The number of benzene rings is 2. The average Bonchev–Trinajstić information content (AvgIpc) is 2.99. The Morgan fingerprint density at radius 1 is 0.523 bits per heavy atom. The zero-order chi connectivity index (χ0) is 32.8. The topological polar surface area (TPSA) is 209 Å². The molecule has 0 bridgehead atoms. The van der Waals surface area contributed by atoms with Crippen molar-refractivity contribution < 1.29 is 43.3 Å². The minimum Gasteiger partial charge on any atom is -0.359 e. The Balaban J connectivity index is 0.000000241. The molecule has 16 heteroatoms. The molecule has 0 unspecified atom stereocenters. The predicted molar refractivity (Wildman–Crippen MR) is 166 cm³/mol. The van der Waals surface area contributed by atoms with Gasteiger partial charge < -0.3 is 11.1 Å². The van der Waals surface area contributed by atoms with Gasteiger partial charge in [-0.25, -0.2) is 33.7 Å². The highest BCUT2D eigenvalue weighted by Gasteiger charge is 2.50. The minimum absolute atomic E-state index is 0.258. The second kappa shape index (κ2) is 14.4. The summed E-state index contributed by atoms with van der Waals surface area (Å²) in [5.74, 6) is 0. The molecule has 2 aliphatic carbocycles. The molecular formula is C28H36N4O8S4. The number of sulfone groups is 4. The summed E-state index contributed by atoms with van der Waals surface area (Å²) in [5, 5.41) is -1.45. The van der Waals surface area contributed by atoms with Crippen LogP contribution in [-0.4, -0.2) is 62.5 Å². The molecule has 2 fully saturated rings. The van der Waals surface area contributed by atoms with Crippen molar-refractivity contribution in [3.63, 3.8) is 0 Å². The molecule has 0 saturated heterocycles. The SMILES string of the molecule is Cc1ccc(S(=O)(=O)C(=[N+]=[N-])S(=O)(=O)c2ccc(C)cc2)cc1.[N-]=[N+]=C(S(=O)(=O)C1CCCCC1)S(=O)(=O)C1CCCCC1. The molecule has 2 saturated carbocycles. The van der Waals surface area contributed by atoms with E-state index in [1.165, 1.54) is 48.5 Å². The molecule has 0 atom stereocenters. The van der Waals surface area contributed by atoms with Crippen LogP contribution in [0.3, 0.4) is 0 Å². The van der Waals surface area contributed by atoms with Crippen LogP contribution in [0.4, 0.5) is 0 Å². The van der Waals surface area contributed by atoms with E-state index < -0.39 is 58.6 Å². The Morgan fingerprint density at radius 3 is 1.09 bits per heavy atom. The summed E-state index contributed by atoms with van der Waals surface area (Å²) in [6, 6.07) is 11.2. The van der Waals surface area contributed by atoms with Crippen LogP contribution in [0, 0.1) is 13.8 Å². The molecule has 2 aromatic carbocycles. The predicted octanol–water partition coefficient (Wildman–Crippen LogP) is 4.20. The fourth-order valence-electron chi connectivity index (χ4n) is 5.20. The highest BCUT2D eigenvalue weighted by molar-refractivity contribution is 8.31. The van der Waals surface area contributed by atoms with Crippen LogP contribution < -0.4 is 0 Å². The van der Waals surface area contributed by atoms with Crippen molar-refractivity contribution in [2.45, 2.75) is 98.3 Å². The van der Waals surface area contributed by atoms with Gasteiger partial charge in [0.05, 0.1) is 20.3 Å². The molecule has 0 N–H and O–H groups in total. The number of rotatable bonds is 4. The Morgan fingerprint density at radius 2 is 0.818 bits per heavy atom. The number of hydrogen-bond donors (Lipinski definition) is 0. The Kier molecular flexibility index (Phi) is 11.6. The lowest BCUT2D eigenvalue weighted by Crippen LogP contribution is -2.40. The van der Waals surface area contributed by atoms with Gasteiger partial charge in [-0.2, -0.15) is 0 Å². The zero-order valence-corrected chi connectivity index (χ0v) is 27.8. The van der Waals surface area contributed by atoms with Crippen molar-refractivity contribution in [3.05, 3.63) is 70.7 Å². The van der Waals surface area contributed by atoms with E-state index in [1.54, 1.807) is 13.8 Å². The maximum absolute atomic E-state index is 12.5. The zero-order valence-electron chi connectivity index (χ0n) is 24.5. The summed E-state index contributed by atoms with van der Waals surface area (Å²) >= 11 is 0. The van der Waals surface area contributed by atoms with Crippen molar-refractivity contribution in [1.29, 1.82) is 0 Å². The van der Waals surface area contributed by atoms with Crippen LogP contribution in [-0.2, 0) is 39.3 Å². The van der Waals surface area contributed by atoms with Crippen molar-refractivity contribution in [2.24, 2.45) is 0 Å². The molecule has 2 aromatic rings. The van der Waals surface area contributed by atoms with Gasteiger partial charge in [0, 0.05) is 0 Å². The first kappa shape index (κ1) is 35.5. The Hall–Kier alpha value is -3.00. The van der Waals surface area contributed by atoms with E-state index in [-0.39, 0.29) is 9.79 Å². The first-order valence-corrected chi connectivity index (χ1v) is 20.2. The number of hydrogen-bond acceptors (Lipinski definition) is 8. The Labute approximate surface area is 259 Å². The summed E-state index contributed by atoms with van der Waals surface area (Å²) < 4.78 is 97.8.